The van der Waals surface area contributed by atoms with Gasteiger partial charge in [0.15, 0.2) is 0 Å². The third kappa shape index (κ3) is 3.46. The highest BCUT2D eigenvalue weighted by Crippen LogP contribution is 2.27. The topological polar surface area (TPSA) is 12.0 Å². The molecule has 94 valence electrons. The molecular formula is C13H9Br2ClFN. The molecule has 0 radical (unpaired) electrons. The summed E-state index contributed by atoms with van der Waals surface area (Å²) >= 11 is 12.7. The highest BCUT2D eigenvalue weighted by Gasteiger charge is 2.05. The highest BCUT2D eigenvalue weighted by atomic mass is 79.9. The number of nitrogens with one attached hydrogen (secondary N) is 1. The second-order valence-corrected chi connectivity index (χ2v) is 5.92. The number of hydrogen-bond acceptors (Lipinski definition) is 1. The van der Waals surface area contributed by atoms with E-state index >= 15 is 0 Å². The van der Waals surface area contributed by atoms with Crippen LogP contribution in [0, 0.1) is 5.82 Å². The summed E-state index contributed by atoms with van der Waals surface area (Å²) in [5.41, 5.74) is 1.44. The van der Waals surface area contributed by atoms with Crippen molar-refractivity contribution in [2.24, 2.45) is 0 Å². The Hall–Kier alpha value is -0.580. The zero-order valence-electron chi connectivity index (χ0n) is 9.18. The number of rotatable bonds is 3. The average molecular weight is 393 g/mol. The first kappa shape index (κ1) is 13.8. The number of halogens is 4. The molecule has 2 aromatic rings. The summed E-state index contributed by atoms with van der Waals surface area (Å²) in [7, 11) is 0. The van der Waals surface area contributed by atoms with Crippen LogP contribution in [0.2, 0.25) is 5.02 Å². The van der Waals surface area contributed by atoms with E-state index < -0.39 is 0 Å². The van der Waals surface area contributed by atoms with E-state index in [0.29, 0.717) is 17.1 Å². The van der Waals surface area contributed by atoms with Crippen LogP contribution in [-0.2, 0) is 6.54 Å². The number of benzene rings is 2. The van der Waals surface area contributed by atoms with Crippen molar-refractivity contribution in [3.05, 3.63) is 61.7 Å². The first-order valence-corrected chi connectivity index (χ1v) is 7.15. The second-order valence-electron chi connectivity index (χ2n) is 3.71. The Morgan fingerprint density at radius 2 is 1.89 bits per heavy atom. The molecule has 0 saturated carbocycles. The van der Waals surface area contributed by atoms with Crippen molar-refractivity contribution in [3.63, 3.8) is 0 Å². The molecular weight excluding hydrogens is 384 g/mol. The zero-order valence-corrected chi connectivity index (χ0v) is 13.1. The fraction of sp³-hybridized carbons (Fsp3) is 0.0769. The fourth-order valence-corrected chi connectivity index (χ4v) is 2.88. The second kappa shape index (κ2) is 6.04. The molecule has 1 N–H and O–H groups in total. The minimum absolute atomic E-state index is 0.264. The lowest BCUT2D eigenvalue weighted by Gasteiger charge is -2.10. The maximum atomic E-state index is 13.5. The van der Waals surface area contributed by atoms with Gasteiger partial charge in [0.05, 0.1) is 0 Å². The van der Waals surface area contributed by atoms with E-state index in [2.05, 4.69) is 37.2 Å². The quantitative estimate of drug-likeness (QED) is 0.714. The molecule has 0 aliphatic heterocycles. The van der Waals surface area contributed by atoms with Crippen LogP contribution in [0.25, 0.3) is 0 Å². The van der Waals surface area contributed by atoms with Crippen molar-refractivity contribution in [1.29, 1.82) is 0 Å². The summed E-state index contributed by atoms with van der Waals surface area (Å²) in [6.45, 7) is 0.382. The lowest BCUT2D eigenvalue weighted by molar-refractivity contribution is 0.613. The van der Waals surface area contributed by atoms with Crippen LogP contribution < -0.4 is 5.32 Å². The molecule has 2 rings (SSSR count). The minimum Gasteiger partial charge on any atom is -0.380 e. The van der Waals surface area contributed by atoms with E-state index in [9.17, 15) is 4.39 Å². The molecule has 0 heterocycles. The van der Waals surface area contributed by atoms with E-state index in [4.69, 9.17) is 11.6 Å². The van der Waals surface area contributed by atoms with Gasteiger partial charge in [-0.1, -0.05) is 27.5 Å². The van der Waals surface area contributed by atoms with E-state index in [1.165, 1.54) is 12.1 Å². The fourth-order valence-electron chi connectivity index (χ4n) is 1.50. The molecule has 0 bridgehead atoms. The van der Waals surface area contributed by atoms with Crippen LogP contribution in [0.3, 0.4) is 0 Å². The molecule has 0 aliphatic rings. The molecule has 2 aromatic carbocycles. The third-order valence-corrected chi connectivity index (χ3v) is 3.79. The van der Waals surface area contributed by atoms with Crippen LogP contribution in [-0.4, -0.2) is 0 Å². The van der Waals surface area contributed by atoms with Crippen molar-refractivity contribution >= 4 is 49.1 Å². The molecule has 0 amide bonds. The van der Waals surface area contributed by atoms with Crippen molar-refractivity contribution < 1.29 is 4.39 Å². The highest BCUT2D eigenvalue weighted by molar-refractivity contribution is 9.11. The van der Waals surface area contributed by atoms with Gasteiger partial charge in [0.1, 0.15) is 5.82 Å². The Labute approximate surface area is 127 Å². The summed E-state index contributed by atoms with van der Waals surface area (Å²) in [6, 6.07) is 10.3. The van der Waals surface area contributed by atoms with E-state index in [-0.39, 0.29) is 5.82 Å². The van der Waals surface area contributed by atoms with Crippen molar-refractivity contribution in [2.75, 3.05) is 5.32 Å². The van der Waals surface area contributed by atoms with Gasteiger partial charge in [0, 0.05) is 31.8 Å². The summed E-state index contributed by atoms with van der Waals surface area (Å²) < 4.78 is 15.4. The maximum Gasteiger partial charge on any atom is 0.128 e. The van der Waals surface area contributed by atoms with Gasteiger partial charge in [-0.3, -0.25) is 0 Å². The summed E-state index contributed by atoms with van der Waals surface area (Å²) in [4.78, 5) is 0. The molecule has 0 aliphatic carbocycles. The first-order chi connectivity index (χ1) is 8.56. The lowest BCUT2D eigenvalue weighted by atomic mass is 10.2. The van der Waals surface area contributed by atoms with Crippen LogP contribution >= 0.6 is 43.5 Å². The third-order valence-electron chi connectivity index (χ3n) is 2.41. The summed E-state index contributed by atoms with van der Waals surface area (Å²) in [5.74, 6) is -0.264. The van der Waals surface area contributed by atoms with Crippen molar-refractivity contribution in [3.8, 4) is 0 Å². The van der Waals surface area contributed by atoms with Gasteiger partial charge < -0.3 is 5.32 Å². The van der Waals surface area contributed by atoms with Crippen molar-refractivity contribution in [2.45, 2.75) is 6.54 Å². The Balaban J connectivity index is 2.13. The Morgan fingerprint density at radius 3 is 2.61 bits per heavy atom. The van der Waals surface area contributed by atoms with Crippen LogP contribution in [0.1, 0.15) is 5.56 Å². The van der Waals surface area contributed by atoms with Gasteiger partial charge in [-0.2, -0.15) is 0 Å². The predicted molar refractivity (Wildman–Crippen MR) is 80.6 cm³/mol. The molecule has 0 spiro atoms. The van der Waals surface area contributed by atoms with Gasteiger partial charge in [0.2, 0.25) is 0 Å². The minimum atomic E-state index is -0.264. The van der Waals surface area contributed by atoms with Gasteiger partial charge in [-0.25, -0.2) is 4.39 Å². The maximum absolute atomic E-state index is 13.5. The smallest absolute Gasteiger partial charge is 0.128 e. The van der Waals surface area contributed by atoms with E-state index in [1.54, 1.807) is 6.07 Å². The first-order valence-electron chi connectivity index (χ1n) is 5.19. The zero-order chi connectivity index (χ0) is 13.1. The molecule has 18 heavy (non-hydrogen) atoms. The molecule has 0 aromatic heterocycles. The van der Waals surface area contributed by atoms with Gasteiger partial charge >= 0.3 is 0 Å². The monoisotopic (exact) mass is 391 g/mol. The molecule has 0 fully saturated rings. The predicted octanol–water partition coefficient (Wildman–Crippen LogP) is 5.62. The molecule has 1 nitrogen and oxygen atoms in total. The van der Waals surface area contributed by atoms with Gasteiger partial charge in [0.25, 0.3) is 0 Å². The number of hydrogen-bond donors (Lipinski definition) is 1. The average Bonchev–Trinajstić information content (AvgIpc) is 2.32. The lowest BCUT2D eigenvalue weighted by Crippen LogP contribution is -2.02. The van der Waals surface area contributed by atoms with Crippen LogP contribution in [0.15, 0.2) is 45.3 Å². The molecule has 0 atom stereocenters. The summed E-state index contributed by atoms with van der Waals surface area (Å²) in [6.07, 6.45) is 0. The largest absolute Gasteiger partial charge is 0.380 e. The molecule has 5 heteroatoms. The SMILES string of the molecule is Fc1ccc(Cl)cc1CNc1ccc(Br)cc1Br. The van der Waals surface area contributed by atoms with Crippen LogP contribution in [0.5, 0.6) is 0 Å². The van der Waals surface area contributed by atoms with E-state index in [0.717, 1.165) is 14.6 Å². The van der Waals surface area contributed by atoms with E-state index in [1.807, 2.05) is 18.2 Å². The Morgan fingerprint density at radius 1 is 1.11 bits per heavy atom. The van der Waals surface area contributed by atoms with Gasteiger partial charge in [-0.05, 0) is 52.3 Å². The normalized spacial score (nSPS) is 10.4. The van der Waals surface area contributed by atoms with Crippen LogP contribution in [0.4, 0.5) is 10.1 Å². The van der Waals surface area contributed by atoms with Gasteiger partial charge in [-0.15, -0.1) is 0 Å². The Kier molecular flexibility index (Phi) is 4.65. The number of anilines is 1. The summed E-state index contributed by atoms with van der Waals surface area (Å²) in [5, 5.41) is 3.69. The Bertz CT molecular complexity index is 575. The molecule has 0 unspecified atom stereocenters. The van der Waals surface area contributed by atoms with Crippen molar-refractivity contribution in [1.82, 2.24) is 0 Å². The standard InChI is InChI=1S/C13H9Br2ClFN/c14-9-1-4-13(11(15)6-9)18-7-8-5-10(16)2-3-12(8)17/h1-6,18H,7H2. The molecule has 0 saturated heterocycles.